The number of carbonyl (C=O) groups is 2. The molecular formula is C32H34N2O6S. The minimum atomic E-state index is -3.45. The van der Waals surface area contributed by atoms with Gasteiger partial charge in [0.25, 0.3) is 5.91 Å². The Kier molecular flexibility index (Phi) is 8.68. The van der Waals surface area contributed by atoms with Gasteiger partial charge in [0.1, 0.15) is 11.8 Å². The van der Waals surface area contributed by atoms with Crippen LogP contribution in [0.3, 0.4) is 0 Å². The van der Waals surface area contributed by atoms with E-state index in [1.807, 2.05) is 44.2 Å². The van der Waals surface area contributed by atoms with Crippen LogP contribution in [0.4, 0.5) is 0 Å². The van der Waals surface area contributed by atoms with E-state index in [2.05, 4.69) is 16.8 Å². The number of allylic oxidation sites excluding steroid dienone is 1. The Morgan fingerprint density at radius 1 is 1.12 bits per heavy atom. The third-order valence-corrected chi connectivity index (χ3v) is 8.50. The number of amides is 1. The van der Waals surface area contributed by atoms with Crippen molar-refractivity contribution in [1.29, 1.82) is 0 Å². The van der Waals surface area contributed by atoms with Crippen LogP contribution in [-0.2, 0) is 34.0 Å². The maximum absolute atomic E-state index is 13.4. The van der Waals surface area contributed by atoms with Crippen LogP contribution in [0.5, 0.6) is 5.75 Å². The van der Waals surface area contributed by atoms with E-state index in [1.54, 1.807) is 24.3 Å². The van der Waals surface area contributed by atoms with E-state index in [9.17, 15) is 28.2 Å². The van der Waals surface area contributed by atoms with Crippen molar-refractivity contribution in [2.75, 3.05) is 12.8 Å². The molecular weight excluding hydrogens is 540 g/mol. The van der Waals surface area contributed by atoms with Gasteiger partial charge in [-0.1, -0.05) is 43.0 Å². The molecule has 0 aliphatic carbocycles. The van der Waals surface area contributed by atoms with Gasteiger partial charge in [0.15, 0.2) is 9.84 Å². The van der Waals surface area contributed by atoms with Crippen LogP contribution < -0.4 is 5.32 Å². The number of fused-ring (bicyclic) bond motifs is 1. The van der Waals surface area contributed by atoms with Crippen molar-refractivity contribution in [3.8, 4) is 5.75 Å². The number of hydrogen-bond acceptors (Lipinski definition) is 6. The minimum Gasteiger partial charge on any atom is -0.507 e. The first-order valence-corrected chi connectivity index (χ1v) is 15.1. The number of hydrogen-bond donors (Lipinski definition) is 3. The van der Waals surface area contributed by atoms with Gasteiger partial charge < -0.3 is 20.4 Å². The highest BCUT2D eigenvalue weighted by atomic mass is 32.2. The summed E-state index contributed by atoms with van der Waals surface area (Å²) in [6.45, 7) is 9.21. The maximum Gasteiger partial charge on any atom is 0.326 e. The van der Waals surface area contributed by atoms with Crippen LogP contribution in [0.1, 0.15) is 43.7 Å². The van der Waals surface area contributed by atoms with Crippen molar-refractivity contribution < 1.29 is 28.2 Å². The van der Waals surface area contributed by atoms with E-state index < -0.39 is 27.8 Å². The number of para-hydroxylation sites is 1. The average Bonchev–Trinajstić information content (AvgIpc) is 2.91. The second kappa shape index (κ2) is 12.0. The normalized spacial score (nSPS) is 14.0. The Morgan fingerprint density at radius 2 is 1.85 bits per heavy atom. The van der Waals surface area contributed by atoms with Gasteiger partial charge in [-0.3, -0.25) is 4.79 Å². The summed E-state index contributed by atoms with van der Waals surface area (Å²) in [4.78, 5) is 27.7. The number of aromatic hydroxyl groups is 1. The number of carbonyl (C=O) groups excluding carboxylic acids is 1. The van der Waals surface area contributed by atoms with Crippen molar-refractivity contribution in [2.45, 2.75) is 44.2 Å². The minimum absolute atomic E-state index is 0.0567. The largest absolute Gasteiger partial charge is 0.507 e. The molecule has 0 saturated carbocycles. The lowest BCUT2D eigenvalue weighted by molar-refractivity contribution is -0.139. The zero-order chi connectivity index (χ0) is 29.9. The molecule has 0 saturated heterocycles. The highest BCUT2D eigenvalue weighted by Crippen LogP contribution is 2.30. The van der Waals surface area contributed by atoms with Crippen LogP contribution in [-0.4, -0.2) is 54.2 Å². The van der Waals surface area contributed by atoms with Gasteiger partial charge >= 0.3 is 5.97 Å². The molecule has 214 valence electrons. The maximum atomic E-state index is 13.4. The summed E-state index contributed by atoms with van der Waals surface area (Å²) in [5, 5.41) is 22.5. The molecule has 3 N–H and O–H groups in total. The van der Waals surface area contributed by atoms with Gasteiger partial charge in [0.05, 0.1) is 4.90 Å². The second-order valence-electron chi connectivity index (χ2n) is 10.4. The topological polar surface area (TPSA) is 124 Å². The molecule has 1 aliphatic rings. The van der Waals surface area contributed by atoms with Crippen molar-refractivity contribution >= 4 is 27.8 Å². The highest BCUT2D eigenvalue weighted by Gasteiger charge is 2.27. The summed E-state index contributed by atoms with van der Waals surface area (Å²) in [6.07, 6.45) is 5.42. The zero-order valence-electron chi connectivity index (χ0n) is 23.3. The van der Waals surface area contributed by atoms with E-state index in [1.165, 1.54) is 12.1 Å². The van der Waals surface area contributed by atoms with Gasteiger partial charge in [-0.05, 0) is 78.4 Å². The molecule has 1 amide bonds. The first-order chi connectivity index (χ1) is 19.3. The van der Waals surface area contributed by atoms with Crippen LogP contribution in [0.2, 0.25) is 0 Å². The Balaban J connectivity index is 1.51. The summed E-state index contributed by atoms with van der Waals surface area (Å²) in [5.41, 5.74) is 6.14. The van der Waals surface area contributed by atoms with Gasteiger partial charge in [-0.2, -0.15) is 0 Å². The lowest BCUT2D eigenvalue weighted by Gasteiger charge is -2.33. The van der Waals surface area contributed by atoms with E-state index in [-0.39, 0.29) is 17.1 Å². The molecule has 41 heavy (non-hydrogen) atoms. The summed E-state index contributed by atoms with van der Waals surface area (Å²) in [7, 11) is -3.45. The van der Waals surface area contributed by atoms with Gasteiger partial charge in [-0.15, -0.1) is 0 Å². The number of phenolic OH excluding ortho intramolecular Hbond substituents is 1. The van der Waals surface area contributed by atoms with Crippen molar-refractivity contribution in [2.24, 2.45) is 0 Å². The molecule has 1 aliphatic heterocycles. The summed E-state index contributed by atoms with van der Waals surface area (Å²) in [6, 6.07) is 13.9. The van der Waals surface area contributed by atoms with Crippen LogP contribution in [0.25, 0.3) is 6.08 Å². The van der Waals surface area contributed by atoms with Gasteiger partial charge in [0.2, 0.25) is 0 Å². The van der Waals surface area contributed by atoms with Crippen molar-refractivity contribution in [3.63, 3.8) is 0 Å². The quantitative estimate of drug-likeness (QED) is 0.323. The Bertz CT molecular complexity index is 1660. The fourth-order valence-electron chi connectivity index (χ4n) is 5.21. The Labute approximate surface area is 240 Å². The van der Waals surface area contributed by atoms with E-state index in [0.29, 0.717) is 36.2 Å². The van der Waals surface area contributed by atoms with Crippen LogP contribution >= 0.6 is 0 Å². The lowest BCUT2D eigenvalue weighted by Crippen LogP contribution is -2.43. The smallest absolute Gasteiger partial charge is 0.326 e. The van der Waals surface area contributed by atoms with E-state index in [4.69, 9.17) is 0 Å². The van der Waals surface area contributed by atoms with Crippen molar-refractivity contribution in [1.82, 2.24) is 10.2 Å². The lowest BCUT2D eigenvalue weighted by atomic mass is 9.88. The molecule has 0 radical (unpaired) electrons. The number of nitrogens with zero attached hydrogens (tertiary/aromatic N) is 1. The monoisotopic (exact) mass is 574 g/mol. The van der Waals surface area contributed by atoms with Gasteiger partial charge in [0, 0.05) is 42.6 Å². The number of carboxylic acids is 1. The first-order valence-electron chi connectivity index (χ1n) is 13.2. The molecule has 4 rings (SSSR count). The van der Waals surface area contributed by atoms with Crippen molar-refractivity contribution in [3.05, 3.63) is 112 Å². The molecule has 0 fully saturated rings. The molecule has 0 unspecified atom stereocenters. The molecule has 9 heteroatoms. The second-order valence-corrected chi connectivity index (χ2v) is 12.4. The number of rotatable bonds is 9. The molecule has 3 aromatic rings. The molecule has 0 aromatic heterocycles. The number of aryl methyl sites for hydroxylation is 1. The molecule has 3 aromatic carbocycles. The highest BCUT2D eigenvalue weighted by molar-refractivity contribution is 7.90. The number of benzene rings is 3. The summed E-state index contributed by atoms with van der Waals surface area (Å²) in [5.74, 6) is -1.49. The van der Waals surface area contributed by atoms with Crippen LogP contribution in [0, 0.1) is 13.8 Å². The summed E-state index contributed by atoms with van der Waals surface area (Å²) >= 11 is 0. The van der Waals surface area contributed by atoms with Gasteiger partial charge in [-0.25, -0.2) is 13.2 Å². The Hall–Kier alpha value is -4.37. The number of aliphatic carboxylic acids is 1. The average molecular weight is 575 g/mol. The number of sulfone groups is 1. The molecule has 0 bridgehead atoms. The fourth-order valence-corrected chi connectivity index (χ4v) is 5.90. The predicted molar refractivity (Wildman–Crippen MR) is 158 cm³/mol. The molecule has 1 atom stereocenters. The third-order valence-electron chi connectivity index (χ3n) is 7.39. The molecule has 0 spiro atoms. The first kappa shape index (κ1) is 29.6. The number of nitrogens with one attached hydrogen (secondary N) is 1. The molecule has 1 heterocycles. The number of phenols is 1. The fraction of sp³-hybridized carbons (Fsp3) is 0.250. The standard InChI is InChI=1S/C32H34N2O6S/c1-20-16-25-19-34(21(2)12-13-24-9-5-6-11-29(24)35)15-14-27(25)22(3)30(20)31(36)33-28(32(37)38)18-23-8-7-10-26(17-23)41(4,39)40/h5-13,16-17,28,35H,2,14-15,18-19H2,1,3-4H3,(H,33,36)(H,37,38)/b13-12+/t28-/m0/s1. The SMILES string of the molecule is C=C(/C=C/c1ccccc1O)N1CCc2c(cc(C)c(C(=O)N[C@@H](Cc3cccc(S(C)(=O)=O)c3)C(=O)O)c2C)C1. The predicted octanol–water partition coefficient (Wildman–Crippen LogP) is 4.42. The van der Waals surface area contributed by atoms with E-state index >= 15 is 0 Å². The van der Waals surface area contributed by atoms with Crippen LogP contribution in [0.15, 0.2) is 77.8 Å². The summed E-state index contributed by atoms with van der Waals surface area (Å²) < 4.78 is 23.8. The Morgan fingerprint density at radius 3 is 2.54 bits per heavy atom. The van der Waals surface area contributed by atoms with E-state index in [0.717, 1.165) is 34.2 Å². The number of carboxylic acid groups (broad SMARTS) is 1. The molecule has 8 nitrogen and oxygen atoms in total. The third kappa shape index (κ3) is 6.86. The zero-order valence-corrected chi connectivity index (χ0v) is 24.2.